The van der Waals surface area contributed by atoms with Gasteiger partial charge in [0, 0.05) is 0 Å². The molecule has 2 nitrogen and oxygen atoms in total. The SMILES string of the molecule is CCCCCCCCC[C@@H](O)/C=C/[C@@H](O)CCCCCCC. The quantitative estimate of drug-likeness (QED) is 0.281. The van der Waals surface area contributed by atoms with E-state index in [0.717, 1.165) is 25.7 Å². The molecule has 0 fully saturated rings. The molecule has 2 atom stereocenters. The molecule has 0 aliphatic carbocycles. The maximum absolute atomic E-state index is 9.88. The van der Waals surface area contributed by atoms with Crippen molar-refractivity contribution in [3.05, 3.63) is 12.2 Å². The van der Waals surface area contributed by atoms with Crippen molar-refractivity contribution in [2.75, 3.05) is 0 Å². The first-order chi connectivity index (χ1) is 10.7. The van der Waals surface area contributed by atoms with Crippen LogP contribution in [0, 0.1) is 0 Å². The van der Waals surface area contributed by atoms with Gasteiger partial charge in [-0.1, -0.05) is 103 Å². The van der Waals surface area contributed by atoms with Crippen molar-refractivity contribution < 1.29 is 10.2 Å². The molecule has 0 rings (SSSR count). The van der Waals surface area contributed by atoms with E-state index in [9.17, 15) is 10.2 Å². The van der Waals surface area contributed by atoms with Gasteiger partial charge in [0.1, 0.15) is 0 Å². The third-order valence-electron chi connectivity index (χ3n) is 4.26. The molecular formula is C20H40O2. The van der Waals surface area contributed by atoms with Crippen LogP contribution >= 0.6 is 0 Å². The highest BCUT2D eigenvalue weighted by atomic mass is 16.3. The van der Waals surface area contributed by atoms with Gasteiger partial charge in [0.05, 0.1) is 12.2 Å². The first-order valence-electron chi connectivity index (χ1n) is 9.75. The van der Waals surface area contributed by atoms with Gasteiger partial charge in [-0.15, -0.1) is 0 Å². The molecule has 0 amide bonds. The van der Waals surface area contributed by atoms with Gasteiger partial charge in [-0.2, -0.15) is 0 Å². The van der Waals surface area contributed by atoms with Gasteiger partial charge in [-0.3, -0.25) is 0 Å². The summed E-state index contributed by atoms with van der Waals surface area (Å²) in [5.74, 6) is 0. The smallest absolute Gasteiger partial charge is 0.0721 e. The molecule has 0 unspecified atom stereocenters. The Morgan fingerprint density at radius 3 is 1.23 bits per heavy atom. The third kappa shape index (κ3) is 16.0. The summed E-state index contributed by atoms with van der Waals surface area (Å²) in [4.78, 5) is 0. The molecule has 0 aromatic heterocycles. The Kier molecular flexibility index (Phi) is 16.8. The second-order valence-electron chi connectivity index (χ2n) is 6.63. The molecule has 0 heterocycles. The van der Waals surface area contributed by atoms with Crippen molar-refractivity contribution in [3.8, 4) is 0 Å². The van der Waals surface area contributed by atoms with Crippen LogP contribution in [0.25, 0.3) is 0 Å². The standard InChI is InChI=1S/C20H40O2/c1-3-5-7-9-10-12-14-16-20(22)18-17-19(21)15-13-11-8-6-4-2/h17-22H,3-16H2,1-2H3/b18-17+/t19-,20+/m0/s1. The molecule has 2 N–H and O–H groups in total. The maximum atomic E-state index is 9.88. The Balaban J connectivity index is 3.45. The van der Waals surface area contributed by atoms with E-state index >= 15 is 0 Å². The maximum Gasteiger partial charge on any atom is 0.0721 e. The van der Waals surface area contributed by atoms with E-state index < -0.39 is 0 Å². The monoisotopic (exact) mass is 312 g/mol. The van der Waals surface area contributed by atoms with Gasteiger partial charge in [0.15, 0.2) is 0 Å². The summed E-state index contributed by atoms with van der Waals surface area (Å²) in [6.07, 6.45) is 19.5. The van der Waals surface area contributed by atoms with Crippen LogP contribution in [0.3, 0.4) is 0 Å². The van der Waals surface area contributed by atoms with E-state index in [1.165, 1.54) is 64.2 Å². The molecule has 0 radical (unpaired) electrons. The molecule has 132 valence electrons. The van der Waals surface area contributed by atoms with E-state index in [0.29, 0.717) is 0 Å². The molecule has 0 aliphatic rings. The largest absolute Gasteiger partial charge is 0.389 e. The van der Waals surface area contributed by atoms with E-state index in [-0.39, 0.29) is 12.2 Å². The molecule has 22 heavy (non-hydrogen) atoms. The predicted octanol–water partition coefficient (Wildman–Crippen LogP) is 5.77. The highest BCUT2D eigenvalue weighted by Gasteiger charge is 2.02. The minimum atomic E-state index is -0.384. The second-order valence-corrected chi connectivity index (χ2v) is 6.63. The van der Waals surface area contributed by atoms with Crippen molar-refractivity contribution in [2.45, 2.75) is 116 Å². The summed E-state index contributed by atoms with van der Waals surface area (Å²) in [7, 11) is 0. The van der Waals surface area contributed by atoms with Gasteiger partial charge >= 0.3 is 0 Å². The third-order valence-corrected chi connectivity index (χ3v) is 4.26. The predicted molar refractivity (Wildman–Crippen MR) is 97.1 cm³/mol. The summed E-state index contributed by atoms with van der Waals surface area (Å²) >= 11 is 0. The highest BCUT2D eigenvalue weighted by Crippen LogP contribution is 2.11. The molecular weight excluding hydrogens is 272 g/mol. The zero-order valence-corrected chi connectivity index (χ0v) is 15.1. The lowest BCUT2D eigenvalue weighted by Gasteiger charge is -2.08. The van der Waals surface area contributed by atoms with Crippen LogP contribution < -0.4 is 0 Å². The van der Waals surface area contributed by atoms with Gasteiger partial charge in [0.2, 0.25) is 0 Å². The van der Waals surface area contributed by atoms with Gasteiger partial charge in [0.25, 0.3) is 0 Å². The number of hydrogen-bond acceptors (Lipinski definition) is 2. The van der Waals surface area contributed by atoms with Crippen LogP contribution in [0.5, 0.6) is 0 Å². The van der Waals surface area contributed by atoms with Crippen LogP contribution in [0.1, 0.15) is 104 Å². The topological polar surface area (TPSA) is 40.5 Å². The number of unbranched alkanes of at least 4 members (excludes halogenated alkanes) is 10. The van der Waals surface area contributed by atoms with E-state index in [1.807, 2.05) is 0 Å². The van der Waals surface area contributed by atoms with Crippen molar-refractivity contribution in [3.63, 3.8) is 0 Å². The molecule has 2 heteroatoms. The van der Waals surface area contributed by atoms with Crippen LogP contribution in [0.2, 0.25) is 0 Å². The fourth-order valence-electron chi connectivity index (χ4n) is 2.72. The van der Waals surface area contributed by atoms with Crippen LogP contribution in [0.15, 0.2) is 12.2 Å². The Hall–Kier alpha value is -0.340. The molecule has 0 spiro atoms. The first-order valence-corrected chi connectivity index (χ1v) is 9.75. The molecule has 0 aromatic rings. The van der Waals surface area contributed by atoms with Crippen LogP contribution in [-0.4, -0.2) is 22.4 Å². The number of aliphatic hydroxyl groups is 2. The van der Waals surface area contributed by atoms with Crippen molar-refractivity contribution in [2.24, 2.45) is 0 Å². The van der Waals surface area contributed by atoms with Crippen molar-refractivity contribution >= 4 is 0 Å². The van der Waals surface area contributed by atoms with Crippen LogP contribution in [-0.2, 0) is 0 Å². The van der Waals surface area contributed by atoms with Gasteiger partial charge in [-0.25, -0.2) is 0 Å². The molecule has 0 aliphatic heterocycles. The lowest BCUT2D eigenvalue weighted by Crippen LogP contribution is -2.06. The summed E-state index contributed by atoms with van der Waals surface area (Å²) in [5.41, 5.74) is 0. The van der Waals surface area contributed by atoms with Gasteiger partial charge in [-0.05, 0) is 12.8 Å². The summed E-state index contributed by atoms with van der Waals surface area (Å²) in [5, 5.41) is 19.7. The fourth-order valence-corrected chi connectivity index (χ4v) is 2.72. The Bertz CT molecular complexity index is 238. The minimum absolute atomic E-state index is 0.384. The number of rotatable bonds is 16. The summed E-state index contributed by atoms with van der Waals surface area (Å²) in [6.45, 7) is 4.45. The van der Waals surface area contributed by atoms with E-state index in [1.54, 1.807) is 12.2 Å². The lowest BCUT2D eigenvalue weighted by atomic mass is 10.0. The molecule has 0 aromatic carbocycles. The molecule has 0 saturated heterocycles. The Morgan fingerprint density at radius 1 is 0.545 bits per heavy atom. The van der Waals surface area contributed by atoms with Crippen molar-refractivity contribution in [1.82, 2.24) is 0 Å². The fraction of sp³-hybridized carbons (Fsp3) is 0.900. The second kappa shape index (κ2) is 17.0. The highest BCUT2D eigenvalue weighted by molar-refractivity contribution is 4.93. The number of aliphatic hydroxyl groups excluding tert-OH is 2. The van der Waals surface area contributed by atoms with Crippen molar-refractivity contribution in [1.29, 1.82) is 0 Å². The average molecular weight is 313 g/mol. The summed E-state index contributed by atoms with van der Waals surface area (Å²) < 4.78 is 0. The van der Waals surface area contributed by atoms with E-state index in [2.05, 4.69) is 13.8 Å². The Labute approximate surface area is 139 Å². The van der Waals surface area contributed by atoms with Crippen LogP contribution in [0.4, 0.5) is 0 Å². The molecule has 0 bridgehead atoms. The minimum Gasteiger partial charge on any atom is -0.389 e. The Morgan fingerprint density at radius 2 is 0.864 bits per heavy atom. The number of hydrogen-bond donors (Lipinski definition) is 2. The average Bonchev–Trinajstić information content (AvgIpc) is 2.52. The lowest BCUT2D eigenvalue weighted by molar-refractivity contribution is 0.192. The first kappa shape index (κ1) is 21.7. The van der Waals surface area contributed by atoms with E-state index in [4.69, 9.17) is 0 Å². The zero-order chi connectivity index (χ0) is 16.5. The summed E-state index contributed by atoms with van der Waals surface area (Å²) in [6, 6.07) is 0. The normalized spacial score (nSPS) is 14.5. The van der Waals surface area contributed by atoms with Gasteiger partial charge < -0.3 is 10.2 Å². The zero-order valence-electron chi connectivity index (χ0n) is 15.1. The molecule has 0 saturated carbocycles.